The van der Waals surface area contributed by atoms with Crippen molar-refractivity contribution in [1.82, 2.24) is 0 Å². The molecule has 244 valence electrons. The van der Waals surface area contributed by atoms with E-state index in [1.54, 1.807) is 48.5 Å². The molecule has 4 rings (SSSR count). The standard InChI is InChI=1S/C41H52F4/c1-3-5-7-9-10-11-13-15-17-34-26-27-35(39(43)38(34)42)32-22-24-33(25-23-32)37-29-28-36(40(44)41(37)45)31-20-18-30(19-21-31)16-14-12-8-6-4-2/h20,22-30H,3-19,21H2,1-2H3. The third kappa shape index (κ3) is 9.80. The molecule has 0 nitrogen and oxygen atoms in total. The summed E-state index contributed by atoms with van der Waals surface area (Å²) in [6.07, 6.45) is 22.1. The molecule has 4 heteroatoms. The maximum atomic E-state index is 15.3. The second kappa shape index (κ2) is 18.3. The highest BCUT2D eigenvalue weighted by Crippen LogP contribution is 2.37. The fourth-order valence-corrected chi connectivity index (χ4v) is 6.74. The number of halogens is 4. The van der Waals surface area contributed by atoms with E-state index in [-0.39, 0.29) is 11.1 Å². The Balaban J connectivity index is 1.35. The van der Waals surface area contributed by atoms with Gasteiger partial charge in [0, 0.05) is 16.7 Å². The zero-order valence-electron chi connectivity index (χ0n) is 27.5. The first-order valence-corrected chi connectivity index (χ1v) is 17.7. The summed E-state index contributed by atoms with van der Waals surface area (Å²) in [4.78, 5) is 0. The average Bonchev–Trinajstić information content (AvgIpc) is 3.06. The Bertz CT molecular complexity index is 1370. The molecule has 1 atom stereocenters. The van der Waals surface area contributed by atoms with E-state index in [4.69, 9.17) is 0 Å². The second-order valence-corrected chi connectivity index (χ2v) is 13.1. The molecule has 0 aliphatic heterocycles. The van der Waals surface area contributed by atoms with Gasteiger partial charge in [-0.3, -0.25) is 0 Å². The number of allylic oxidation sites excluding steroid dienone is 2. The largest absolute Gasteiger partial charge is 0.203 e. The Morgan fingerprint density at radius 2 is 1.02 bits per heavy atom. The van der Waals surface area contributed by atoms with Crippen LogP contribution in [0.4, 0.5) is 17.6 Å². The van der Waals surface area contributed by atoms with Gasteiger partial charge in [-0.2, -0.15) is 0 Å². The summed E-state index contributed by atoms with van der Waals surface area (Å²) in [6, 6.07) is 13.2. The first-order chi connectivity index (χ1) is 21.9. The van der Waals surface area contributed by atoms with E-state index in [9.17, 15) is 4.39 Å². The highest BCUT2D eigenvalue weighted by molar-refractivity contribution is 5.74. The van der Waals surface area contributed by atoms with Crippen molar-refractivity contribution in [3.05, 3.63) is 89.0 Å². The quantitative estimate of drug-likeness (QED) is 0.0980. The van der Waals surface area contributed by atoms with Crippen molar-refractivity contribution in [2.45, 2.75) is 129 Å². The Morgan fingerprint density at radius 3 is 1.60 bits per heavy atom. The van der Waals surface area contributed by atoms with E-state index < -0.39 is 23.3 Å². The molecule has 0 heterocycles. The van der Waals surface area contributed by atoms with Crippen molar-refractivity contribution in [1.29, 1.82) is 0 Å². The van der Waals surface area contributed by atoms with Crippen molar-refractivity contribution in [3.63, 3.8) is 0 Å². The number of hydrogen-bond acceptors (Lipinski definition) is 0. The molecule has 0 amide bonds. The molecular formula is C41H52F4. The summed E-state index contributed by atoms with van der Waals surface area (Å²) in [6.45, 7) is 4.43. The van der Waals surface area contributed by atoms with Gasteiger partial charge < -0.3 is 0 Å². The highest BCUT2D eigenvalue weighted by atomic mass is 19.2. The Kier molecular flexibility index (Phi) is 14.2. The number of hydrogen-bond donors (Lipinski definition) is 0. The molecule has 0 spiro atoms. The molecule has 0 aromatic heterocycles. The van der Waals surface area contributed by atoms with E-state index in [0.29, 0.717) is 34.6 Å². The van der Waals surface area contributed by atoms with Gasteiger partial charge in [-0.25, -0.2) is 17.6 Å². The fraction of sp³-hybridized carbons (Fsp3) is 0.512. The summed E-state index contributed by atoms with van der Waals surface area (Å²) in [5.74, 6) is -2.72. The first-order valence-electron chi connectivity index (χ1n) is 17.7. The maximum Gasteiger partial charge on any atom is 0.167 e. The van der Waals surface area contributed by atoms with Gasteiger partial charge in [0.1, 0.15) is 0 Å². The minimum Gasteiger partial charge on any atom is -0.203 e. The number of benzene rings is 3. The lowest BCUT2D eigenvalue weighted by atomic mass is 9.83. The van der Waals surface area contributed by atoms with Gasteiger partial charge in [-0.15, -0.1) is 0 Å². The third-order valence-electron chi connectivity index (χ3n) is 9.63. The monoisotopic (exact) mass is 620 g/mol. The van der Waals surface area contributed by atoms with Crippen LogP contribution >= 0.6 is 0 Å². The van der Waals surface area contributed by atoms with Crippen LogP contribution in [0.25, 0.3) is 27.8 Å². The van der Waals surface area contributed by atoms with Crippen LogP contribution < -0.4 is 0 Å². The topological polar surface area (TPSA) is 0 Å². The zero-order valence-corrected chi connectivity index (χ0v) is 27.5. The van der Waals surface area contributed by atoms with Crippen molar-refractivity contribution in [2.75, 3.05) is 0 Å². The molecule has 0 saturated heterocycles. The molecule has 3 aromatic carbocycles. The number of unbranched alkanes of at least 4 members (excludes halogenated alkanes) is 11. The van der Waals surface area contributed by atoms with Crippen LogP contribution in [-0.4, -0.2) is 0 Å². The predicted octanol–water partition coefficient (Wildman–Crippen LogP) is 13.8. The maximum absolute atomic E-state index is 15.3. The lowest BCUT2D eigenvalue weighted by Gasteiger charge is -2.22. The summed E-state index contributed by atoms with van der Waals surface area (Å²) >= 11 is 0. The lowest BCUT2D eigenvalue weighted by molar-refractivity contribution is 0.422. The highest BCUT2D eigenvalue weighted by Gasteiger charge is 2.21. The molecule has 0 N–H and O–H groups in total. The Labute approximate surface area is 269 Å². The van der Waals surface area contributed by atoms with E-state index >= 15 is 13.2 Å². The molecule has 0 bridgehead atoms. The van der Waals surface area contributed by atoms with E-state index in [1.807, 2.05) is 0 Å². The average molecular weight is 621 g/mol. The summed E-state index contributed by atoms with van der Waals surface area (Å²) in [7, 11) is 0. The van der Waals surface area contributed by atoms with Crippen molar-refractivity contribution in [2.24, 2.45) is 5.92 Å². The van der Waals surface area contributed by atoms with E-state index in [1.165, 1.54) is 70.6 Å². The van der Waals surface area contributed by atoms with Crippen LogP contribution in [0.1, 0.15) is 134 Å². The van der Waals surface area contributed by atoms with Crippen LogP contribution in [0.3, 0.4) is 0 Å². The summed E-state index contributed by atoms with van der Waals surface area (Å²) < 4.78 is 60.7. The van der Waals surface area contributed by atoms with Crippen LogP contribution in [0, 0.1) is 29.2 Å². The molecule has 0 radical (unpaired) electrons. The smallest absolute Gasteiger partial charge is 0.167 e. The Morgan fingerprint density at radius 1 is 0.533 bits per heavy atom. The normalized spacial score (nSPS) is 15.0. The molecule has 1 unspecified atom stereocenters. The Hall–Kier alpha value is -2.88. The summed E-state index contributed by atoms with van der Waals surface area (Å²) in [5.41, 5.74) is 2.97. The van der Waals surface area contributed by atoms with Crippen molar-refractivity contribution >= 4 is 5.57 Å². The van der Waals surface area contributed by atoms with Crippen LogP contribution in [0.2, 0.25) is 0 Å². The van der Waals surface area contributed by atoms with Gasteiger partial charge in [0.05, 0.1) is 0 Å². The number of rotatable bonds is 18. The fourth-order valence-electron chi connectivity index (χ4n) is 6.74. The van der Waals surface area contributed by atoms with Gasteiger partial charge >= 0.3 is 0 Å². The molecule has 0 fully saturated rings. The first kappa shape index (κ1) is 35.0. The van der Waals surface area contributed by atoms with Gasteiger partial charge in [-0.05, 0) is 60.3 Å². The molecule has 0 saturated carbocycles. The van der Waals surface area contributed by atoms with Crippen LogP contribution in [0.15, 0.2) is 54.6 Å². The van der Waals surface area contributed by atoms with E-state index in [2.05, 4.69) is 19.9 Å². The lowest BCUT2D eigenvalue weighted by Crippen LogP contribution is -2.07. The molecule has 45 heavy (non-hydrogen) atoms. The number of aryl methyl sites for hydroxylation is 1. The van der Waals surface area contributed by atoms with Crippen LogP contribution in [-0.2, 0) is 6.42 Å². The van der Waals surface area contributed by atoms with Gasteiger partial charge in [0.2, 0.25) is 0 Å². The SMILES string of the molecule is CCCCCCCCCCc1ccc(-c2ccc(-c3ccc(C4=CCC(CCCCCCC)CC4)c(F)c3F)cc2)c(F)c1F. The van der Waals surface area contributed by atoms with Gasteiger partial charge in [0.25, 0.3) is 0 Å². The summed E-state index contributed by atoms with van der Waals surface area (Å²) in [5, 5.41) is 0. The molecule has 1 aliphatic rings. The minimum absolute atomic E-state index is 0.163. The van der Waals surface area contributed by atoms with E-state index in [0.717, 1.165) is 44.1 Å². The minimum atomic E-state index is -0.873. The third-order valence-corrected chi connectivity index (χ3v) is 9.63. The predicted molar refractivity (Wildman–Crippen MR) is 182 cm³/mol. The van der Waals surface area contributed by atoms with Crippen LogP contribution in [0.5, 0.6) is 0 Å². The van der Waals surface area contributed by atoms with Gasteiger partial charge in [-0.1, -0.05) is 152 Å². The molecular weight excluding hydrogens is 568 g/mol. The molecule has 3 aromatic rings. The molecule has 1 aliphatic carbocycles. The van der Waals surface area contributed by atoms with Crippen molar-refractivity contribution < 1.29 is 17.6 Å². The van der Waals surface area contributed by atoms with Crippen molar-refractivity contribution in [3.8, 4) is 22.3 Å². The zero-order chi connectivity index (χ0) is 32.0. The van der Waals surface area contributed by atoms with Gasteiger partial charge in [0.15, 0.2) is 23.3 Å². The second-order valence-electron chi connectivity index (χ2n) is 13.1.